The van der Waals surface area contributed by atoms with Crippen molar-refractivity contribution >= 4 is 35.3 Å². The van der Waals surface area contributed by atoms with E-state index >= 15 is 0 Å². The van der Waals surface area contributed by atoms with Gasteiger partial charge in [0.2, 0.25) is 11.8 Å². The molecule has 0 aliphatic heterocycles. The number of primary amides is 1. The molecule has 9 nitrogen and oxygen atoms in total. The molecular weight excluding hydrogens is 324 g/mol. The largest absolute Gasteiger partial charge is 0.480 e. The maximum atomic E-state index is 12.6. The van der Waals surface area contributed by atoms with Crippen LogP contribution in [0.4, 0.5) is 0 Å². The number of carboxylic acid groups (broad SMARTS) is 1. The zero-order valence-corrected chi connectivity index (χ0v) is 14.0. The average Bonchev–Trinajstić information content (AvgIpc) is 2.47. The second kappa shape index (κ2) is 9.48. The lowest BCUT2D eigenvalue weighted by molar-refractivity contribution is -0.150. The molecule has 0 spiro atoms. The fourth-order valence-electron chi connectivity index (χ4n) is 1.77. The number of nitrogens with two attached hydrogens (primary N) is 3. The number of thioether (sulfide) groups is 1. The number of aliphatic carboxylic acids is 1. The molecule has 132 valence electrons. The number of ketones is 1. The molecule has 0 aromatic heterocycles. The predicted octanol–water partition coefficient (Wildman–Crippen LogP) is -1.81. The van der Waals surface area contributed by atoms with Gasteiger partial charge in [0.1, 0.15) is 0 Å². The number of carboxylic acids is 1. The Hall–Kier alpha value is -1.65. The minimum Gasteiger partial charge on any atom is -0.480 e. The standard InChI is InChI=1S/C13H24N4O5S/c1-7(14)11(20)17-8(4-6-23-2)10(19)13(16,12(21)22)5-3-9(15)18/h7-8H,3-6,14,16H2,1-2H3,(H2,15,18)(H,17,20)(H,21,22). The third-order valence-corrected chi connectivity index (χ3v) is 3.89. The van der Waals surface area contributed by atoms with Crippen LogP contribution in [0.5, 0.6) is 0 Å². The van der Waals surface area contributed by atoms with Crippen molar-refractivity contribution < 1.29 is 24.3 Å². The quantitative estimate of drug-likeness (QED) is 0.271. The second-order valence-corrected chi connectivity index (χ2v) is 6.22. The van der Waals surface area contributed by atoms with Gasteiger partial charge in [0.15, 0.2) is 11.3 Å². The maximum absolute atomic E-state index is 12.6. The lowest BCUT2D eigenvalue weighted by atomic mass is 9.84. The first-order valence-corrected chi connectivity index (χ1v) is 8.35. The molecule has 0 saturated carbocycles. The lowest BCUT2D eigenvalue weighted by Gasteiger charge is -2.28. The molecule has 0 aliphatic rings. The Morgan fingerprint density at radius 1 is 1.30 bits per heavy atom. The second-order valence-electron chi connectivity index (χ2n) is 5.24. The normalized spacial score (nSPS) is 16.0. The highest BCUT2D eigenvalue weighted by atomic mass is 32.2. The Balaban J connectivity index is 5.36. The summed E-state index contributed by atoms with van der Waals surface area (Å²) in [5.74, 6) is -3.32. The molecule has 0 rings (SSSR count). The van der Waals surface area contributed by atoms with Gasteiger partial charge in [-0.3, -0.25) is 14.4 Å². The number of carbonyl (C=O) groups excluding carboxylic acids is 3. The molecule has 0 bridgehead atoms. The first-order valence-electron chi connectivity index (χ1n) is 6.96. The molecule has 0 aliphatic carbocycles. The molecule has 3 atom stereocenters. The number of hydrogen-bond donors (Lipinski definition) is 5. The molecule has 23 heavy (non-hydrogen) atoms. The summed E-state index contributed by atoms with van der Waals surface area (Å²) in [5, 5.41) is 11.7. The van der Waals surface area contributed by atoms with Gasteiger partial charge in [-0.05, 0) is 31.8 Å². The molecule has 0 aromatic rings. The number of nitrogens with one attached hydrogen (secondary N) is 1. The Morgan fingerprint density at radius 3 is 2.26 bits per heavy atom. The van der Waals surface area contributed by atoms with E-state index in [4.69, 9.17) is 17.2 Å². The number of amides is 2. The van der Waals surface area contributed by atoms with E-state index in [0.29, 0.717) is 5.75 Å². The highest BCUT2D eigenvalue weighted by Crippen LogP contribution is 2.17. The summed E-state index contributed by atoms with van der Waals surface area (Å²) in [6.07, 6.45) is 1.20. The molecule has 8 N–H and O–H groups in total. The topological polar surface area (TPSA) is 179 Å². The van der Waals surface area contributed by atoms with Crippen LogP contribution in [-0.4, -0.2) is 58.3 Å². The third kappa shape index (κ3) is 6.55. The molecule has 0 heterocycles. The highest BCUT2D eigenvalue weighted by molar-refractivity contribution is 7.98. The molecule has 0 saturated heterocycles. The van der Waals surface area contributed by atoms with Crippen LogP contribution in [0, 0.1) is 0 Å². The van der Waals surface area contributed by atoms with Crippen LogP contribution in [0.1, 0.15) is 26.2 Å². The van der Waals surface area contributed by atoms with E-state index in [9.17, 15) is 24.3 Å². The van der Waals surface area contributed by atoms with Crippen molar-refractivity contribution in [1.82, 2.24) is 5.32 Å². The minimum atomic E-state index is -2.30. The molecular formula is C13H24N4O5S. The van der Waals surface area contributed by atoms with Gasteiger partial charge in [-0.2, -0.15) is 11.8 Å². The molecule has 3 unspecified atom stereocenters. The molecule has 10 heteroatoms. The predicted molar refractivity (Wildman–Crippen MR) is 86.6 cm³/mol. The van der Waals surface area contributed by atoms with Crippen LogP contribution in [0.3, 0.4) is 0 Å². The van der Waals surface area contributed by atoms with E-state index in [2.05, 4.69) is 5.32 Å². The summed E-state index contributed by atoms with van der Waals surface area (Å²) < 4.78 is 0. The Morgan fingerprint density at radius 2 is 1.87 bits per heavy atom. The van der Waals surface area contributed by atoms with Crippen LogP contribution in [0.2, 0.25) is 0 Å². The summed E-state index contributed by atoms with van der Waals surface area (Å²) in [6.45, 7) is 1.44. The van der Waals surface area contributed by atoms with Crippen LogP contribution in [0.25, 0.3) is 0 Å². The average molecular weight is 348 g/mol. The maximum Gasteiger partial charge on any atom is 0.331 e. The van der Waals surface area contributed by atoms with Crippen LogP contribution in [0.15, 0.2) is 0 Å². The van der Waals surface area contributed by atoms with Gasteiger partial charge in [0.25, 0.3) is 0 Å². The lowest BCUT2D eigenvalue weighted by Crippen LogP contribution is -2.62. The van der Waals surface area contributed by atoms with Crippen molar-refractivity contribution in [2.45, 2.75) is 43.8 Å². The molecule has 0 aromatic carbocycles. The van der Waals surface area contributed by atoms with E-state index in [0.717, 1.165) is 0 Å². The summed E-state index contributed by atoms with van der Waals surface area (Å²) in [4.78, 5) is 46.6. The summed E-state index contributed by atoms with van der Waals surface area (Å²) in [5.41, 5.74) is 13.8. The summed E-state index contributed by atoms with van der Waals surface area (Å²) in [6, 6.07) is -1.96. The zero-order valence-electron chi connectivity index (χ0n) is 13.2. The zero-order chi connectivity index (χ0) is 18.2. The minimum absolute atomic E-state index is 0.196. The van der Waals surface area contributed by atoms with Crippen LogP contribution < -0.4 is 22.5 Å². The third-order valence-electron chi connectivity index (χ3n) is 3.24. The monoisotopic (exact) mass is 348 g/mol. The van der Waals surface area contributed by atoms with Crippen LogP contribution >= 0.6 is 11.8 Å². The van der Waals surface area contributed by atoms with Gasteiger partial charge in [-0.15, -0.1) is 0 Å². The van der Waals surface area contributed by atoms with Crippen molar-refractivity contribution in [2.24, 2.45) is 17.2 Å². The number of Topliss-reactive ketones (excluding diaryl/α,β-unsaturated/α-hetero) is 1. The fourth-order valence-corrected chi connectivity index (χ4v) is 2.25. The van der Waals surface area contributed by atoms with Gasteiger partial charge >= 0.3 is 5.97 Å². The highest BCUT2D eigenvalue weighted by Gasteiger charge is 2.45. The van der Waals surface area contributed by atoms with E-state index in [1.165, 1.54) is 18.7 Å². The van der Waals surface area contributed by atoms with Crippen molar-refractivity contribution in [3.05, 3.63) is 0 Å². The van der Waals surface area contributed by atoms with E-state index in [1.54, 1.807) is 6.26 Å². The SMILES string of the molecule is CSCCC(NC(=O)C(C)N)C(=O)C(N)(CCC(N)=O)C(=O)O. The number of rotatable bonds is 11. The Bertz CT molecular complexity index is 471. The Labute approximate surface area is 138 Å². The first kappa shape index (κ1) is 21.4. The van der Waals surface area contributed by atoms with Gasteiger partial charge in [-0.1, -0.05) is 0 Å². The van der Waals surface area contributed by atoms with Crippen LogP contribution in [-0.2, 0) is 19.2 Å². The van der Waals surface area contributed by atoms with Gasteiger partial charge in [-0.25, -0.2) is 4.79 Å². The van der Waals surface area contributed by atoms with Gasteiger partial charge in [0, 0.05) is 6.42 Å². The summed E-state index contributed by atoms with van der Waals surface area (Å²) in [7, 11) is 0. The molecule has 2 amide bonds. The van der Waals surface area contributed by atoms with Crippen molar-refractivity contribution in [1.29, 1.82) is 0 Å². The molecule has 0 radical (unpaired) electrons. The number of hydrogen-bond acceptors (Lipinski definition) is 7. The molecule has 0 fully saturated rings. The van der Waals surface area contributed by atoms with Crippen molar-refractivity contribution in [3.63, 3.8) is 0 Å². The smallest absolute Gasteiger partial charge is 0.331 e. The number of carbonyl (C=O) groups is 4. The van der Waals surface area contributed by atoms with E-state index < -0.39 is 47.6 Å². The van der Waals surface area contributed by atoms with E-state index in [-0.39, 0.29) is 12.8 Å². The first-order chi connectivity index (χ1) is 10.6. The Kier molecular flexibility index (Phi) is 8.80. The van der Waals surface area contributed by atoms with Crippen molar-refractivity contribution in [2.75, 3.05) is 12.0 Å². The van der Waals surface area contributed by atoms with Gasteiger partial charge < -0.3 is 27.6 Å². The fraction of sp³-hybridized carbons (Fsp3) is 0.692. The van der Waals surface area contributed by atoms with Crippen molar-refractivity contribution in [3.8, 4) is 0 Å². The van der Waals surface area contributed by atoms with E-state index in [1.807, 2.05) is 0 Å². The summed E-state index contributed by atoms with van der Waals surface area (Å²) >= 11 is 1.42. The van der Waals surface area contributed by atoms with Gasteiger partial charge in [0.05, 0.1) is 12.1 Å².